The van der Waals surface area contributed by atoms with Gasteiger partial charge in [-0.25, -0.2) is 8.42 Å². The molecule has 2 atom stereocenters. The normalized spacial score (nSPS) is 34.7. The molecule has 1 saturated heterocycles. The number of hydrogen-bond donors (Lipinski definition) is 1. The van der Waals surface area contributed by atoms with Crippen LogP contribution < -0.4 is 0 Å². The lowest BCUT2D eigenvalue weighted by atomic mass is 9.90. The maximum absolute atomic E-state index is 11.2. The van der Waals surface area contributed by atoms with E-state index in [-0.39, 0.29) is 11.5 Å². The van der Waals surface area contributed by atoms with Crippen molar-refractivity contribution in [1.29, 1.82) is 0 Å². The molecular formula is C9H18O3S. The van der Waals surface area contributed by atoms with Gasteiger partial charge in [-0.05, 0) is 18.8 Å². The van der Waals surface area contributed by atoms with Gasteiger partial charge in [-0.15, -0.1) is 0 Å². The fraction of sp³-hybridized carbons (Fsp3) is 1.00. The molecule has 0 aliphatic carbocycles. The topological polar surface area (TPSA) is 54.4 Å². The highest BCUT2D eigenvalue weighted by Gasteiger charge is 2.40. The lowest BCUT2D eigenvalue weighted by Gasteiger charge is -2.23. The molecule has 1 heterocycles. The Hall–Kier alpha value is -0.0900. The largest absolute Gasteiger partial charge is 0.389 e. The second-order valence-corrected chi connectivity index (χ2v) is 6.47. The summed E-state index contributed by atoms with van der Waals surface area (Å²) in [6, 6.07) is 0. The second kappa shape index (κ2) is 3.58. The van der Waals surface area contributed by atoms with Crippen LogP contribution in [0.2, 0.25) is 0 Å². The SMILES string of the molecule is CCC(C)CC1(O)CCS(=O)(=O)C1. The van der Waals surface area contributed by atoms with Gasteiger partial charge in [0.2, 0.25) is 0 Å². The average Bonchev–Trinajstić information content (AvgIpc) is 2.25. The lowest BCUT2D eigenvalue weighted by molar-refractivity contribution is 0.0429. The predicted molar refractivity (Wildman–Crippen MR) is 52.3 cm³/mol. The Morgan fingerprint density at radius 1 is 1.54 bits per heavy atom. The van der Waals surface area contributed by atoms with E-state index in [9.17, 15) is 13.5 Å². The van der Waals surface area contributed by atoms with Gasteiger partial charge in [-0.3, -0.25) is 0 Å². The van der Waals surface area contributed by atoms with Crippen LogP contribution in [0.5, 0.6) is 0 Å². The molecule has 0 bridgehead atoms. The molecule has 0 saturated carbocycles. The van der Waals surface area contributed by atoms with Gasteiger partial charge >= 0.3 is 0 Å². The molecule has 78 valence electrons. The highest BCUT2D eigenvalue weighted by Crippen LogP contribution is 2.30. The summed E-state index contributed by atoms with van der Waals surface area (Å²) >= 11 is 0. The highest BCUT2D eigenvalue weighted by molar-refractivity contribution is 7.91. The van der Waals surface area contributed by atoms with E-state index >= 15 is 0 Å². The van der Waals surface area contributed by atoms with Crippen LogP contribution >= 0.6 is 0 Å². The zero-order valence-corrected chi connectivity index (χ0v) is 9.10. The summed E-state index contributed by atoms with van der Waals surface area (Å²) < 4.78 is 22.3. The zero-order chi connectivity index (χ0) is 10.1. The molecule has 1 rings (SSSR count). The van der Waals surface area contributed by atoms with E-state index in [1.54, 1.807) is 0 Å². The molecule has 1 N–H and O–H groups in total. The van der Waals surface area contributed by atoms with Gasteiger partial charge in [0.15, 0.2) is 9.84 Å². The minimum Gasteiger partial charge on any atom is -0.389 e. The first-order valence-corrected chi connectivity index (χ1v) is 6.62. The standard InChI is InChI=1S/C9H18O3S/c1-3-8(2)6-9(10)4-5-13(11,12)7-9/h8,10H,3-7H2,1-2H3. The van der Waals surface area contributed by atoms with E-state index in [1.807, 2.05) is 6.92 Å². The fourth-order valence-corrected chi connectivity index (χ4v) is 3.77. The average molecular weight is 206 g/mol. The number of rotatable bonds is 3. The zero-order valence-electron chi connectivity index (χ0n) is 8.28. The van der Waals surface area contributed by atoms with E-state index in [1.165, 1.54) is 0 Å². The first kappa shape index (κ1) is 11.0. The van der Waals surface area contributed by atoms with Crippen molar-refractivity contribution in [2.45, 2.75) is 38.7 Å². The molecule has 0 aromatic rings. The van der Waals surface area contributed by atoms with E-state index in [4.69, 9.17) is 0 Å². The Kier molecular flexibility index (Phi) is 3.02. The van der Waals surface area contributed by atoms with E-state index in [2.05, 4.69) is 6.92 Å². The van der Waals surface area contributed by atoms with Crippen LogP contribution in [0.25, 0.3) is 0 Å². The molecule has 1 aliphatic heterocycles. The third kappa shape index (κ3) is 2.95. The molecule has 3 nitrogen and oxygen atoms in total. The van der Waals surface area contributed by atoms with Crippen LogP contribution in [0, 0.1) is 5.92 Å². The van der Waals surface area contributed by atoms with Crippen molar-refractivity contribution in [3.63, 3.8) is 0 Å². The van der Waals surface area contributed by atoms with Gasteiger partial charge in [-0.1, -0.05) is 20.3 Å². The fourth-order valence-electron chi connectivity index (χ4n) is 1.85. The second-order valence-electron chi connectivity index (χ2n) is 4.28. The summed E-state index contributed by atoms with van der Waals surface area (Å²) in [4.78, 5) is 0. The summed E-state index contributed by atoms with van der Waals surface area (Å²) in [7, 11) is -2.96. The summed E-state index contributed by atoms with van der Waals surface area (Å²) in [5.41, 5.74) is -0.936. The van der Waals surface area contributed by atoms with Crippen molar-refractivity contribution in [2.24, 2.45) is 5.92 Å². The van der Waals surface area contributed by atoms with Crippen molar-refractivity contribution < 1.29 is 13.5 Å². The van der Waals surface area contributed by atoms with Crippen molar-refractivity contribution in [2.75, 3.05) is 11.5 Å². The molecule has 0 spiro atoms. The lowest BCUT2D eigenvalue weighted by Crippen LogP contribution is -2.32. The van der Waals surface area contributed by atoms with Crippen LogP contribution in [-0.4, -0.2) is 30.6 Å². The molecule has 13 heavy (non-hydrogen) atoms. The van der Waals surface area contributed by atoms with Gasteiger partial charge in [0.1, 0.15) is 0 Å². The van der Waals surface area contributed by atoms with E-state index in [0.29, 0.717) is 18.8 Å². The van der Waals surface area contributed by atoms with Gasteiger partial charge < -0.3 is 5.11 Å². The molecule has 1 fully saturated rings. The molecule has 0 radical (unpaired) electrons. The van der Waals surface area contributed by atoms with Crippen molar-refractivity contribution in [3.05, 3.63) is 0 Å². The van der Waals surface area contributed by atoms with Crippen molar-refractivity contribution >= 4 is 9.84 Å². The van der Waals surface area contributed by atoms with Crippen molar-refractivity contribution in [3.8, 4) is 0 Å². The Balaban J connectivity index is 2.60. The number of aliphatic hydroxyl groups is 1. The quantitative estimate of drug-likeness (QED) is 0.748. The molecule has 0 aromatic carbocycles. The van der Waals surface area contributed by atoms with Crippen LogP contribution in [-0.2, 0) is 9.84 Å². The smallest absolute Gasteiger partial charge is 0.153 e. The first-order chi connectivity index (χ1) is 5.87. The monoisotopic (exact) mass is 206 g/mol. The maximum atomic E-state index is 11.2. The third-order valence-corrected chi connectivity index (χ3v) is 4.60. The minimum atomic E-state index is -2.96. The molecular weight excluding hydrogens is 188 g/mol. The molecule has 0 aromatic heterocycles. The Morgan fingerprint density at radius 3 is 2.54 bits per heavy atom. The third-order valence-electron chi connectivity index (χ3n) is 2.79. The Bertz CT molecular complexity index is 271. The molecule has 2 unspecified atom stereocenters. The van der Waals surface area contributed by atoms with Crippen LogP contribution in [0.3, 0.4) is 0 Å². The highest BCUT2D eigenvalue weighted by atomic mass is 32.2. The first-order valence-electron chi connectivity index (χ1n) is 4.80. The van der Waals surface area contributed by atoms with Crippen molar-refractivity contribution in [1.82, 2.24) is 0 Å². The Morgan fingerprint density at radius 2 is 2.15 bits per heavy atom. The maximum Gasteiger partial charge on any atom is 0.153 e. The van der Waals surface area contributed by atoms with E-state index in [0.717, 1.165) is 6.42 Å². The van der Waals surface area contributed by atoms with Gasteiger partial charge in [0, 0.05) is 0 Å². The van der Waals surface area contributed by atoms with Crippen LogP contribution in [0.1, 0.15) is 33.1 Å². The van der Waals surface area contributed by atoms with Crippen LogP contribution in [0.4, 0.5) is 0 Å². The Labute approximate surface area is 80.1 Å². The summed E-state index contributed by atoms with van der Waals surface area (Å²) in [6.45, 7) is 4.10. The molecule has 0 amide bonds. The predicted octanol–water partition coefficient (Wildman–Crippen LogP) is 0.972. The van der Waals surface area contributed by atoms with Gasteiger partial charge in [0.25, 0.3) is 0 Å². The minimum absolute atomic E-state index is 0.0374. The van der Waals surface area contributed by atoms with Gasteiger partial charge in [0.05, 0.1) is 17.1 Å². The summed E-state index contributed by atoms with van der Waals surface area (Å²) in [5, 5.41) is 9.95. The molecule has 1 aliphatic rings. The summed E-state index contributed by atoms with van der Waals surface area (Å²) in [6.07, 6.45) is 2.02. The number of hydrogen-bond acceptors (Lipinski definition) is 3. The van der Waals surface area contributed by atoms with Gasteiger partial charge in [-0.2, -0.15) is 0 Å². The van der Waals surface area contributed by atoms with Crippen LogP contribution in [0.15, 0.2) is 0 Å². The molecule has 4 heteroatoms. The van der Waals surface area contributed by atoms with E-state index < -0.39 is 15.4 Å². The number of sulfone groups is 1. The summed E-state index contributed by atoms with van der Waals surface area (Å²) in [5.74, 6) is 0.517.